The van der Waals surface area contributed by atoms with Crippen molar-refractivity contribution in [1.29, 1.82) is 0 Å². The van der Waals surface area contributed by atoms with Crippen molar-refractivity contribution in [2.24, 2.45) is 5.73 Å². The second kappa shape index (κ2) is 10.5. The maximum absolute atomic E-state index is 11.9. The Morgan fingerprint density at radius 1 is 1.39 bits per heavy atom. The van der Waals surface area contributed by atoms with Crippen LogP contribution in [0.15, 0.2) is 24.3 Å². The summed E-state index contributed by atoms with van der Waals surface area (Å²) in [7, 11) is -3.13. The van der Waals surface area contributed by atoms with E-state index in [9.17, 15) is 13.2 Å². The lowest BCUT2D eigenvalue weighted by molar-refractivity contribution is -0.117. The lowest BCUT2D eigenvalue weighted by atomic mass is 10.2. The highest BCUT2D eigenvalue weighted by molar-refractivity contribution is 7.90. The largest absolute Gasteiger partial charge is 0.494 e. The Labute approximate surface area is 144 Å². The number of unbranched alkanes of at least 4 members (excludes halogenated alkanes) is 1. The Balaban J connectivity index is 0.00000484. The molecule has 0 saturated carbocycles. The van der Waals surface area contributed by atoms with Crippen LogP contribution in [0.2, 0.25) is 0 Å². The van der Waals surface area contributed by atoms with Gasteiger partial charge in [0.05, 0.1) is 18.4 Å². The minimum absolute atomic E-state index is 0. The first-order valence-corrected chi connectivity index (χ1v) is 9.35. The Morgan fingerprint density at radius 2 is 2.09 bits per heavy atom. The van der Waals surface area contributed by atoms with Gasteiger partial charge in [0, 0.05) is 18.0 Å². The minimum atomic E-state index is -3.13. The predicted molar refractivity (Wildman–Crippen MR) is 95.0 cm³/mol. The summed E-state index contributed by atoms with van der Waals surface area (Å²) >= 11 is 0. The lowest BCUT2D eigenvalue weighted by Crippen LogP contribution is -2.37. The van der Waals surface area contributed by atoms with Gasteiger partial charge in [-0.1, -0.05) is 19.4 Å². The molecule has 0 fully saturated rings. The van der Waals surface area contributed by atoms with Crippen molar-refractivity contribution < 1.29 is 17.9 Å². The van der Waals surface area contributed by atoms with Crippen LogP contribution in [0.25, 0.3) is 0 Å². The van der Waals surface area contributed by atoms with Crippen molar-refractivity contribution in [3.63, 3.8) is 0 Å². The summed E-state index contributed by atoms with van der Waals surface area (Å²) in [6.45, 7) is 2.71. The Bertz CT molecular complexity index is 593. The van der Waals surface area contributed by atoms with E-state index in [1.807, 2.05) is 6.07 Å². The van der Waals surface area contributed by atoms with Gasteiger partial charge in [-0.3, -0.25) is 4.79 Å². The SMILES string of the molecule is CCCCOc1cccc(NC(=O)C(N)CCS(C)(=O)=O)c1.Cl. The Morgan fingerprint density at radius 3 is 2.70 bits per heavy atom. The number of rotatable bonds is 9. The zero-order chi connectivity index (χ0) is 16.6. The maximum atomic E-state index is 11.9. The van der Waals surface area contributed by atoms with Gasteiger partial charge >= 0.3 is 0 Å². The molecule has 1 atom stereocenters. The molecule has 1 aromatic rings. The number of hydrogen-bond acceptors (Lipinski definition) is 5. The first kappa shape index (κ1) is 21.7. The summed E-state index contributed by atoms with van der Waals surface area (Å²) in [6.07, 6.45) is 3.23. The molecule has 132 valence electrons. The first-order valence-electron chi connectivity index (χ1n) is 7.29. The fourth-order valence-electron chi connectivity index (χ4n) is 1.71. The number of anilines is 1. The smallest absolute Gasteiger partial charge is 0.241 e. The Hall–Kier alpha value is -1.31. The second-order valence-corrected chi connectivity index (χ2v) is 7.50. The number of nitrogens with two attached hydrogens (primary N) is 1. The molecule has 1 rings (SSSR count). The number of ether oxygens (including phenoxy) is 1. The zero-order valence-corrected chi connectivity index (χ0v) is 15.1. The third-order valence-corrected chi connectivity index (χ3v) is 3.98. The fourth-order valence-corrected chi connectivity index (χ4v) is 2.39. The first-order chi connectivity index (χ1) is 10.3. The number of carbonyl (C=O) groups excluding carboxylic acids is 1. The molecule has 0 heterocycles. The average molecular weight is 365 g/mol. The fraction of sp³-hybridized carbons (Fsp3) is 0.533. The zero-order valence-electron chi connectivity index (χ0n) is 13.4. The van der Waals surface area contributed by atoms with Crippen molar-refractivity contribution in [2.45, 2.75) is 32.2 Å². The maximum Gasteiger partial charge on any atom is 0.241 e. The summed E-state index contributed by atoms with van der Waals surface area (Å²) in [5.41, 5.74) is 6.28. The van der Waals surface area contributed by atoms with Crippen LogP contribution in [-0.2, 0) is 14.6 Å². The molecule has 0 aliphatic carbocycles. The molecule has 8 heteroatoms. The molecule has 0 spiro atoms. The van der Waals surface area contributed by atoms with Crippen molar-refractivity contribution in [2.75, 3.05) is 23.9 Å². The van der Waals surface area contributed by atoms with Gasteiger partial charge < -0.3 is 15.8 Å². The van der Waals surface area contributed by atoms with E-state index in [4.69, 9.17) is 10.5 Å². The predicted octanol–water partition coefficient (Wildman–Crippen LogP) is 1.99. The van der Waals surface area contributed by atoms with Gasteiger partial charge in [-0.15, -0.1) is 12.4 Å². The minimum Gasteiger partial charge on any atom is -0.494 e. The molecule has 1 aromatic carbocycles. The van der Waals surface area contributed by atoms with Crippen LogP contribution < -0.4 is 15.8 Å². The summed E-state index contributed by atoms with van der Waals surface area (Å²) < 4.78 is 27.7. The van der Waals surface area contributed by atoms with E-state index in [0.717, 1.165) is 19.1 Å². The van der Waals surface area contributed by atoms with Crippen LogP contribution in [0.1, 0.15) is 26.2 Å². The lowest BCUT2D eigenvalue weighted by Gasteiger charge is -2.13. The van der Waals surface area contributed by atoms with Crippen molar-refractivity contribution in [3.8, 4) is 5.75 Å². The van der Waals surface area contributed by atoms with Crippen LogP contribution in [0.4, 0.5) is 5.69 Å². The molecule has 23 heavy (non-hydrogen) atoms. The van der Waals surface area contributed by atoms with Crippen LogP contribution in [0, 0.1) is 0 Å². The standard InChI is InChI=1S/C15H24N2O4S.ClH/c1-3-4-9-21-13-7-5-6-12(11-13)17-15(18)14(16)8-10-22(2,19)20;/h5-7,11,14H,3-4,8-10,16H2,1-2H3,(H,17,18);1H. The summed E-state index contributed by atoms with van der Waals surface area (Å²) in [5.74, 6) is 0.159. The molecule has 0 radical (unpaired) electrons. The van der Waals surface area contributed by atoms with E-state index < -0.39 is 21.8 Å². The Kier molecular flexibility index (Phi) is 9.87. The highest BCUT2D eigenvalue weighted by atomic mass is 35.5. The van der Waals surface area contributed by atoms with Gasteiger partial charge in [-0.2, -0.15) is 0 Å². The van der Waals surface area contributed by atoms with Crippen LogP contribution in [0.5, 0.6) is 5.75 Å². The van der Waals surface area contributed by atoms with Gasteiger partial charge in [0.15, 0.2) is 0 Å². The summed E-state index contributed by atoms with van der Waals surface area (Å²) in [5, 5.41) is 2.67. The average Bonchev–Trinajstić information content (AvgIpc) is 2.44. The number of sulfone groups is 1. The molecule has 1 unspecified atom stereocenters. The van der Waals surface area contributed by atoms with Gasteiger partial charge in [0.1, 0.15) is 15.6 Å². The van der Waals surface area contributed by atoms with E-state index in [1.165, 1.54) is 0 Å². The van der Waals surface area contributed by atoms with Crippen molar-refractivity contribution in [3.05, 3.63) is 24.3 Å². The van der Waals surface area contributed by atoms with E-state index in [1.54, 1.807) is 18.2 Å². The van der Waals surface area contributed by atoms with Gasteiger partial charge in [-0.05, 0) is 25.0 Å². The number of carbonyl (C=O) groups is 1. The second-order valence-electron chi connectivity index (χ2n) is 5.24. The highest BCUT2D eigenvalue weighted by Crippen LogP contribution is 2.18. The van der Waals surface area contributed by atoms with Crippen molar-refractivity contribution in [1.82, 2.24) is 0 Å². The van der Waals surface area contributed by atoms with Gasteiger partial charge in [-0.25, -0.2) is 8.42 Å². The van der Waals surface area contributed by atoms with E-state index in [-0.39, 0.29) is 24.6 Å². The van der Waals surface area contributed by atoms with Crippen LogP contribution in [0.3, 0.4) is 0 Å². The number of halogens is 1. The molecule has 6 nitrogen and oxygen atoms in total. The van der Waals surface area contributed by atoms with E-state index in [2.05, 4.69) is 12.2 Å². The molecule has 1 amide bonds. The molecule has 3 N–H and O–H groups in total. The normalized spacial score (nSPS) is 12.1. The molecule has 0 aliphatic heterocycles. The molecule has 0 aliphatic rings. The summed E-state index contributed by atoms with van der Waals surface area (Å²) in [4.78, 5) is 11.9. The summed E-state index contributed by atoms with van der Waals surface area (Å²) in [6, 6.07) is 6.18. The molecule has 0 bridgehead atoms. The number of amides is 1. The van der Waals surface area contributed by atoms with Gasteiger partial charge in [0.25, 0.3) is 0 Å². The quantitative estimate of drug-likeness (QED) is 0.653. The molecular formula is C15H25ClN2O4S. The van der Waals surface area contributed by atoms with E-state index >= 15 is 0 Å². The number of benzene rings is 1. The third-order valence-electron chi connectivity index (χ3n) is 3.00. The number of hydrogen-bond donors (Lipinski definition) is 2. The van der Waals surface area contributed by atoms with Crippen LogP contribution >= 0.6 is 12.4 Å². The highest BCUT2D eigenvalue weighted by Gasteiger charge is 2.16. The van der Waals surface area contributed by atoms with Gasteiger partial charge in [0.2, 0.25) is 5.91 Å². The number of nitrogens with one attached hydrogen (secondary N) is 1. The monoisotopic (exact) mass is 364 g/mol. The molecule has 0 saturated heterocycles. The third kappa shape index (κ3) is 9.43. The molecular weight excluding hydrogens is 340 g/mol. The topological polar surface area (TPSA) is 98.5 Å². The van der Waals surface area contributed by atoms with E-state index in [0.29, 0.717) is 18.0 Å². The van der Waals surface area contributed by atoms with Crippen molar-refractivity contribution >= 4 is 33.8 Å². The van der Waals surface area contributed by atoms with Crippen LogP contribution in [-0.4, -0.2) is 39.0 Å². The molecule has 0 aromatic heterocycles.